The van der Waals surface area contributed by atoms with Crippen molar-refractivity contribution >= 4 is 11.7 Å². The van der Waals surface area contributed by atoms with Crippen LogP contribution < -0.4 is 5.32 Å². The van der Waals surface area contributed by atoms with Crippen molar-refractivity contribution in [3.8, 4) is 11.4 Å². The molecule has 6 nitrogen and oxygen atoms in total. The van der Waals surface area contributed by atoms with E-state index in [2.05, 4.69) is 27.4 Å². The number of nitrogens with one attached hydrogen (secondary N) is 1. The van der Waals surface area contributed by atoms with Gasteiger partial charge in [-0.2, -0.15) is 4.98 Å². The number of aromatic nitrogens is 3. The fourth-order valence-corrected chi connectivity index (χ4v) is 3.34. The summed E-state index contributed by atoms with van der Waals surface area (Å²) in [7, 11) is 0. The van der Waals surface area contributed by atoms with Crippen LogP contribution >= 0.6 is 0 Å². The molecule has 146 valence electrons. The number of nitrogens with zero attached hydrogens (tertiary/aromatic N) is 3. The Morgan fingerprint density at radius 2 is 1.89 bits per heavy atom. The number of carbonyl (C=O) groups is 1. The summed E-state index contributed by atoms with van der Waals surface area (Å²) in [6.45, 7) is 7.93. The molecule has 3 rings (SSSR count). The van der Waals surface area contributed by atoms with Gasteiger partial charge >= 0.3 is 0 Å². The van der Waals surface area contributed by atoms with Crippen LogP contribution in [0, 0.1) is 13.8 Å². The number of amides is 1. The third kappa shape index (κ3) is 4.27. The second kappa shape index (κ2) is 8.78. The monoisotopic (exact) mass is 378 g/mol. The first kappa shape index (κ1) is 19.7. The predicted molar refractivity (Wildman–Crippen MR) is 109 cm³/mol. The summed E-state index contributed by atoms with van der Waals surface area (Å²) < 4.78 is 5.34. The van der Waals surface area contributed by atoms with Crippen molar-refractivity contribution in [3.05, 3.63) is 59.1 Å². The van der Waals surface area contributed by atoms with E-state index in [0.29, 0.717) is 29.5 Å². The molecule has 0 spiro atoms. The summed E-state index contributed by atoms with van der Waals surface area (Å²) in [5.74, 6) is 1.17. The molecule has 0 radical (unpaired) electrons. The van der Waals surface area contributed by atoms with Crippen LogP contribution in [0.2, 0.25) is 0 Å². The zero-order valence-electron chi connectivity index (χ0n) is 16.8. The lowest BCUT2D eigenvalue weighted by molar-refractivity contribution is -0.117. The molecule has 1 N–H and O–H groups in total. The van der Waals surface area contributed by atoms with Gasteiger partial charge < -0.3 is 9.84 Å². The molecule has 1 amide bonds. The number of hydrogen-bond donors (Lipinski definition) is 1. The summed E-state index contributed by atoms with van der Waals surface area (Å²) >= 11 is 0. The molecule has 1 atom stereocenters. The molecule has 2 aromatic heterocycles. The molecule has 0 bridgehead atoms. The van der Waals surface area contributed by atoms with Crippen molar-refractivity contribution in [1.82, 2.24) is 15.1 Å². The molecule has 3 aromatic rings. The minimum atomic E-state index is -0.252. The van der Waals surface area contributed by atoms with Gasteiger partial charge in [-0.05, 0) is 43.9 Å². The zero-order chi connectivity index (χ0) is 20.1. The van der Waals surface area contributed by atoms with Crippen molar-refractivity contribution in [2.75, 3.05) is 5.32 Å². The molecule has 0 aliphatic carbocycles. The maximum atomic E-state index is 13.0. The highest BCUT2D eigenvalue weighted by atomic mass is 16.5. The molecule has 1 aromatic carbocycles. The highest BCUT2D eigenvalue weighted by Gasteiger charge is 2.23. The second-order valence-electron chi connectivity index (χ2n) is 6.93. The Kier molecular flexibility index (Phi) is 6.19. The van der Waals surface area contributed by atoms with Crippen LogP contribution in [0.3, 0.4) is 0 Å². The lowest BCUT2D eigenvalue weighted by Crippen LogP contribution is -2.22. The van der Waals surface area contributed by atoms with E-state index in [4.69, 9.17) is 4.52 Å². The first-order valence-electron chi connectivity index (χ1n) is 9.70. The van der Waals surface area contributed by atoms with Crippen LogP contribution in [0.4, 0.5) is 5.82 Å². The second-order valence-corrected chi connectivity index (χ2v) is 6.93. The number of aryl methyl sites for hydroxylation is 3. The average molecular weight is 378 g/mol. The molecule has 0 aliphatic heterocycles. The van der Waals surface area contributed by atoms with Gasteiger partial charge in [0.15, 0.2) is 0 Å². The van der Waals surface area contributed by atoms with Gasteiger partial charge in [0.05, 0.1) is 11.5 Å². The SMILES string of the molecule is CCCc1nc(-c2c(C)cc(C)nc2NC(=O)C(CC)c2ccccc2)no1. The molecular weight excluding hydrogens is 352 g/mol. The number of anilines is 1. The minimum absolute atomic E-state index is 0.0928. The smallest absolute Gasteiger partial charge is 0.233 e. The van der Waals surface area contributed by atoms with Crippen molar-refractivity contribution in [3.63, 3.8) is 0 Å². The lowest BCUT2D eigenvalue weighted by Gasteiger charge is -2.17. The number of carbonyl (C=O) groups excluding carboxylic acids is 1. The Balaban J connectivity index is 1.95. The molecule has 0 aliphatic rings. The first-order valence-corrected chi connectivity index (χ1v) is 9.70. The average Bonchev–Trinajstić information content (AvgIpc) is 3.11. The van der Waals surface area contributed by atoms with Gasteiger partial charge in [-0.15, -0.1) is 0 Å². The van der Waals surface area contributed by atoms with Gasteiger partial charge in [0, 0.05) is 12.1 Å². The maximum absolute atomic E-state index is 13.0. The van der Waals surface area contributed by atoms with E-state index in [1.54, 1.807) is 0 Å². The summed E-state index contributed by atoms with van der Waals surface area (Å²) in [6, 6.07) is 11.7. The van der Waals surface area contributed by atoms with E-state index in [1.807, 2.05) is 57.2 Å². The Hall–Kier alpha value is -3.02. The van der Waals surface area contributed by atoms with Crippen LogP contribution in [-0.2, 0) is 11.2 Å². The number of rotatable bonds is 7. The molecule has 6 heteroatoms. The van der Waals surface area contributed by atoms with E-state index >= 15 is 0 Å². The molecule has 0 saturated heterocycles. The van der Waals surface area contributed by atoms with Crippen LogP contribution in [0.25, 0.3) is 11.4 Å². The standard InChI is InChI=1S/C22H26N4O2/c1-5-10-18-24-21(26-28-18)19-14(3)13-15(4)23-20(19)25-22(27)17(6-2)16-11-8-7-9-12-16/h7-9,11-13,17H,5-6,10H2,1-4H3,(H,23,25,27). The Morgan fingerprint density at radius 1 is 1.14 bits per heavy atom. The minimum Gasteiger partial charge on any atom is -0.339 e. The van der Waals surface area contributed by atoms with Gasteiger partial charge in [0.1, 0.15) is 5.82 Å². The van der Waals surface area contributed by atoms with E-state index in [9.17, 15) is 4.79 Å². The summed E-state index contributed by atoms with van der Waals surface area (Å²) in [5.41, 5.74) is 3.45. The Labute approximate surface area is 165 Å². The van der Waals surface area contributed by atoms with E-state index in [0.717, 1.165) is 29.7 Å². The van der Waals surface area contributed by atoms with E-state index < -0.39 is 0 Å². The van der Waals surface area contributed by atoms with E-state index in [-0.39, 0.29) is 11.8 Å². The summed E-state index contributed by atoms with van der Waals surface area (Å²) in [6.07, 6.45) is 2.34. The van der Waals surface area contributed by atoms with Crippen LogP contribution in [-0.4, -0.2) is 21.0 Å². The van der Waals surface area contributed by atoms with Crippen molar-refractivity contribution in [1.29, 1.82) is 0 Å². The largest absolute Gasteiger partial charge is 0.339 e. The van der Waals surface area contributed by atoms with E-state index in [1.165, 1.54) is 0 Å². The maximum Gasteiger partial charge on any atom is 0.233 e. The molecule has 0 saturated carbocycles. The predicted octanol–water partition coefficient (Wildman–Crippen LogP) is 4.83. The molecular formula is C22H26N4O2. The third-order valence-corrected chi connectivity index (χ3v) is 4.67. The molecule has 1 unspecified atom stereocenters. The Morgan fingerprint density at radius 3 is 2.57 bits per heavy atom. The lowest BCUT2D eigenvalue weighted by atomic mass is 9.95. The third-order valence-electron chi connectivity index (χ3n) is 4.67. The summed E-state index contributed by atoms with van der Waals surface area (Å²) in [4.78, 5) is 22.1. The van der Waals surface area contributed by atoms with Crippen LogP contribution in [0.15, 0.2) is 40.9 Å². The van der Waals surface area contributed by atoms with Gasteiger partial charge in [-0.1, -0.05) is 49.3 Å². The normalized spacial score (nSPS) is 12.0. The van der Waals surface area contributed by atoms with Crippen LogP contribution in [0.5, 0.6) is 0 Å². The van der Waals surface area contributed by atoms with Crippen molar-refractivity contribution in [2.24, 2.45) is 0 Å². The van der Waals surface area contributed by atoms with Gasteiger partial charge in [-0.25, -0.2) is 4.98 Å². The van der Waals surface area contributed by atoms with Crippen molar-refractivity contribution in [2.45, 2.75) is 52.9 Å². The molecule has 0 fully saturated rings. The molecule has 2 heterocycles. The van der Waals surface area contributed by atoms with Crippen LogP contribution in [0.1, 0.15) is 55.3 Å². The van der Waals surface area contributed by atoms with Gasteiger partial charge in [0.25, 0.3) is 0 Å². The number of pyridine rings is 1. The fraction of sp³-hybridized carbons (Fsp3) is 0.364. The van der Waals surface area contributed by atoms with Gasteiger partial charge in [0.2, 0.25) is 17.6 Å². The quantitative estimate of drug-likeness (QED) is 0.637. The fourth-order valence-electron chi connectivity index (χ4n) is 3.34. The highest BCUT2D eigenvalue weighted by Crippen LogP contribution is 2.30. The molecule has 28 heavy (non-hydrogen) atoms. The highest BCUT2D eigenvalue weighted by molar-refractivity contribution is 5.98. The Bertz CT molecular complexity index is 950. The zero-order valence-corrected chi connectivity index (χ0v) is 16.8. The first-order chi connectivity index (χ1) is 13.5. The van der Waals surface area contributed by atoms with Gasteiger partial charge in [-0.3, -0.25) is 4.79 Å². The topological polar surface area (TPSA) is 80.9 Å². The number of benzene rings is 1. The van der Waals surface area contributed by atoms with Crippen molar-refractivity contribution < 1.29 is 9.32 Å². The number of hydrogen-bond acceptors (Lipinski definition) is 5. The summed E-state index contributed by atoms with van der Waals surface area (Å²) in [5, 5.41) is 7.12.